The van der Waals surface area contributed by atoms with E-state index in [1.54, 1.807) is 35.7 Å². The van der Waals surface area contributed by atoms with Gasteiger partial charge in [-0.05, 0) is 18.6 Å². The van der Waals surface area contributed by atoms with Gasteiger partial charge in [-0.1, -0.05) is 12.1 Å². The van der Waals surface area contributed by atoms with Gasteiger partial charge < -0.3 is 0 Å². The van der Waals surface area contributed by atoms with Crippen LogP contribution in [0, 0.1) is 6.92 Å². The number of benzene rings is 1. The third-order valence-electron chi connectivity index (χ3n) is 3.16. The first-order valence-corrected chi connectivity index (χ1v) is 8.11. The average molecular weight is 315 g/mol. The van der Waals surface area contributed by atoms with Crippen molar-refractivity contribution in [2.24, 2.45) is 0 Å². The minimum Gasteiger partial charge on any atom is -0.287 e. The normalized spacial score (nSPS) is 10.6. The molecule has 0 aliphatic carbocycles. The molecule has 0 aliphatic heterocycles. The van der Waals surface area contributed by atoms with Crippen LogP contribution in [0.2, 0.25) is 0 Å². The number of hydrogen-bond donors (Lipinski definition) is 0. The molecular weight excluding hydrogens is 302 g/mol. The van der Waals surface area contributed by atoms with Gasteiger partial charge in [0.25, 0.3) is 5.91 Å². The van der Waals surface area contributed by atoms with E-state index in [1.807, 2.05) is 35.9 Å². The van der Waals surface area contributed by atoms with Gasteiger partial charge in [-0.25, -0.2) is 9.97 Å². The van der Waals surface area contributed by atoms with Gasteiger partial charge in [0.1, 0.15) is 5.01 Å². The number of aryl methyl sites for hydroxylation is 1. The van der Waals surface area contributed by atoms with E-state index in [2.05, 4.69) is 9.97 Å². The van der Waals surface area contributed by atoms with Crippen LogP contribution >= 0.6 is 22.7 Å². The molecule has 6 heteroatoms. The maximum absolute atomic E-state index is 12.7. The molecule has 2 aromatic heterocycles. The zero-order valence-corrected chi connectivity index (χ0v) is 13.2. The Morgan fingerprint density at radius 1 is 1.14 bits per heavy atom. The maximum Gasteiger partial charge on any atom is 0.260 e. The SMILES string of the molecule is Cc1ccc(-c2nccs2)cc1C(=O)N(C)c1nccs1. The zero-order chi connectivity index (χ0) is 14.8. The number of carbonyl (C=O) groups excluding carboxylic acids is 1. The summed E-state index contributed by atoms with van der Waals surface area (Å²) in [5.41, 5.74) is 2.59. The Kier molecular flexibility index (Phi) is 3.81. The second-order valence-electron chi connectivity index (χ2n) is 4.55. The van der Waals surface area contributed by atoms with Crippen molar-refractivity contribution in [3.05, 3.63) is 52.5 Å². The number of aromatic nitrogens is 2. The minimum absolute atomic E-state index is 0.0548. The molecule has 0 saturated heterocycles. The van der Waals surface area contributed by atoms with Crippen molar-refractivity contribution in [3.63, 3.8) is 0 Å². The summed E-state index contributed by atoms with van der Waals surface area (Å²) in [4.78, 5) is 22.7. The Bertz CT molecular complexity index is 751. The lowest BCUT2D eigenvalue weighted by molar-refractivity contribution is 0.0992. The van der Waals surface area contributed by atoms with Gasteiger partial charge in [0.2, 0.25) is 0 Å². The fourth-order valence-electron chi connectivity index (χ4n) is 2.00. The predicted octanol–water partition coefficient (Wildman–Crippen LogP) is 3.85. The lowest BCUT2D eigenvalue weighted by atomic mass is 10.0. The molecule has 106 valence electrons. The molecule has 3 rings (SSSR count). The lowest BCUT2D eigenvalue weighted by Crippen LogP contribution is -2.26. The molecule has 21 heavy (non-hydrogen) atoms. The third kappa shape index (κ3) is 2.72. The molecular formula is C15H13N3OS2. The molecule has 1 aromatic carbocycles. The summed E-state index contributed by atoms with van der Waals surface area (Å²) >= 11 is 3.01. The van der Waals surface area contributed by atoms with Gasteiger partial charge >= 0.3 is 0 Å². The first kappa shape index (κ1) is 13.9. The first-order valence-electron chi connectivity index (χ1n) is 6.35. The van der Waals surface area contributed by atoms with Crippen molar-refractivity contribution in [2.45, 2.75) is 6.92 Å². The van der Waals surface area contributed by atoms with Crippen LogP contribution in [0.3, 0.4) is 0 Å². The van der Waals surface area contributed by atoms with E-state index in [0.29, 0.717) is 10.7 Å². The fourth-order valence-corrected chi connectivity index (χ4v) is 3.24. The van der Waals surface area contributed by atoms with Crippen molar-refractivity contribution < 1.29 is 4.79 Å². The number of carbonyl (C=O) groups is 1. The number of thiazole rings is 2. The Hall–Kier alpha value is -2.05. The number of nitrogens with zero attached hydrogens (tertiary/aromatic N) is 3. The first-order chi connectivity index (χ1) is 10.2. The highest BCUT2D eigenvalue weighted by molar-refractivity contribution is 7.13. The topological polar surface area (TPSA) is 46.1 Å². The smallest absolute Gasteiger partial charge is 0.260 e. The van der Waals surface area contributed by atoms with Gasteiger partial charge in [0, 0.05) is 41.3 Å². The number of hydrogen-bond acceptors (Lipinski definition) is 5. The van der Waals surface area contributed by atoms with Gasteiger partial charge in [-0.15, -0.1) is 22.7 Å². The van der Waals surface area contributed by atoms with E-state index in [1.165, 1.54) is 11.3 Å². The molecule has 0 fully saturated rings. The highest BCUT2D eigenvalue weighted by atomic mass is 32.1. The van der Waals surface area contributed by atoms with E-state index >= 15 is 0 Å². The molecule has 0 atom stereocenters. The van der Waals surface area contributed by atoms with E-state index in [4.69, 9.17) is 0 Å². The Labute approximate surface area is 130 Å². The van der Waals surface area contributed by atoms with Crippen molar-refractivity contribution in [3.8, 4) is 10.6 Å². The molecule has 0 unspecified atom stereocenters. The number of rotatable bonds is 3. The van der Waals surface area contributed by atoms with Crippen LogP contribution in [0.25, 0.3) is 10.6 Å². The molecule has 0 N–H and O–H groups in total. The standard InChI is InChI=1S/C15H13N3OS2/c1-10-3-4-11(13-16-5-7-20-13)9-12(10)14(19)18(2)15-17-6-8-21-15/h3-9H,1-2H3. The summed E-state index contributed by atoms with van der Waals surface area (Å²) in [6.07, 6.45) is 3.46. The Morgan fingerprint density at radius 3 is 2.57 bits per heavy atom. The summed E-state index contributed by atoms with van der Waals surface area (Å²) in [6, 6.07) is 5.86. The highest BCUT2D eigenvalue weighted by Gasteiger charge is 2.18. The van der Waals surface area contributed by atoms with E-state index in [0.717, 1.165) is 16.1 Å². The predicted molar refractivity (Wildman–Crippen MR) is 87.1 cm³/mol. The monoisotopic (exact) mass is 315 g/mol. The van der Waals surface area contributed by atoms with Gasteiger partial charge in [0.05, 0.1) is 0 Å². The molecule has 4 nitrogen and oxygen atoms in total. The zero-order valence-electron chi connectivity index (χ0n) is 11.6. The van der Waals surface area contributed by atoms with E-state index in [-0.39, 0.29) is 5.91 Å². The summed E-state index contributed by atoms with van der Waals surface area (Å²) in [7, 11) is 1.75. The Balaban J connectivity index is 1.98. The Morgan fingerprint density at radius 2 is 1.90 bits per heavy atom. The summed E-state index contributed by atoms with van der Waals surface area (Å²) in [5, 5.41) is 5.40. The van der Waals surface area contributed by atoms with Crippen LogP contribution in [-0.4, -0.2) is 22.9 Å². The van der Waals surface area contributed by atoms with E-state index in [9.17, 15) is 4.79 Å². The molecule has 0 bridgehead atoms. The van der Waals surface area contributed by atoms with Crippen LogP contribution < -0.4 is 4.90 Å². The molecule has 0 radical (unpaired) electrons. The fraction of sp³-hybridized carbons (Fsp3) is 0.133. The minimum atomic E-state index is -0.0548. The van der Waals surface area contributed by atoms with Gasteiger partial charge in [0.15, 0.2) is 5.13 Å². The molecule has 0 saturated carbocycles. The van der Waals surface area contributed by atoms with Gasteiger partial charge in [-0.2, -0.15) is 0 Å². The van der Waals surface area contributed by atoms with Crippen LogP contribution in [0.5, 0.6) is 0 Å². The summed E-state index contributed by atoms with van der Waals surface area (Å²) in [6.45, 7) is 1.94. The van der Waals surface area contributed by atoms with Crippen molar-refractivity contribution >= 4 is 33.7 Å². The van der Waals surface area contributed by atoms with Crippen LogP contribution in [0.15, 0.2) is 41.4 Å². The molecule has 1 amide bonds. The molecule has 0 aliphatic rings. The average Bonchev–Trinajstić information content (AvgIpc) is 3.19. The molecule has 2 heterocycles. The summed E-state index contributed by atoms with van der Waals surface area (Å²) < 4.78 is 0. The highest BCUT2D eigenvalue weighted by Crippen LogP contribution is 2.26. The number of anilines is 1. The van der Waals surface area contributed by atoms with Crippen LogP contribution in [0.1, 0.15) is 15.9 Å². The van der Waals surface area contributed by atoms with Gasteiger partial charge in [-0.3, -0.25) is 9.69 Å². The largest absolute Gasteiger partial charge is 0.287 e. The van der Waals surface area contributed by atoms with Crippen LogP contribution in [0.4, 0.5) is 5.13 Å². The van der Waals surface area contributed by atoms with Crippen molar-refractivity contribution in [2.75, 3.05) is 11.9 Å². The third-order valence-corrected chi connectivity index (χ3v) is 4.83. The second-order valence-corrected chi connectivity index (χ2v) is 6.31. The van der Waals surface area contributed by atoms with Crippen LogP contribution in [-0.2, 0) is 0 Å². The summed E-state index contributed by atoms with van der Waals surface area (Å²) in [5.74, 6) is -0.0548. The number of amides is 1. The van der Waals surface area contributed by atoms with Crippen molar-refractivity contribution in [1.82, 2.24) is 9.97 Å². The van der Waals surface area contributed by atoms with Crippen molar-refractivity contribution in [1.29, 1.82) is 0 Å². The van der Waals surface area contributed by atoms with E-state index < -0.39 is 0 Å². The maximum atomic E-state index is 12.7. The molecule has 3 aromatic rings. The molecule has 0 spiro atoms. The quantitative estimate of drug-likeness (QED) is 0.737. The lowest BCUT2D eigenvalue weighted by Gasteiger charge is -2.15. The second kappa shape index (κ2) is 5.75.